The van der Waals surface area contributed by atoms with Gasteiger partial charge in [-0.25, -0.2) is 12.7 Å². The summed E-state index contributed by atoms with van der Waals surface area (Å²) in [5.74, 6) is 0.819. The number of hydrogen-bond donors (Lipinski definition) is 3. The van der Waals surface area contributed by atoms with E-state index in [0.29, 0.717) is 38.6 Å². The van der Waals surface area contributed by atoms with Crippen LogP contribution in [0.3, 0.4) is 0 Å². The van der Waals surface area contributed by atoms with Crippen molar-refractivity contribution in [3.05, 3.63) is 35.9 Å². The summed E-state index contributed by atoms with van der Waals surface area (Å²) < 4.78 is 25.0. The van der Waals surface area contributed by atoms with Crippen molar-refractivity contribution in [1.29, 1.82) is 0 Å². The molecule has 1 aliphatic heterocycles. The number of nitrogens with zero attached hydrogens (tertiary/aromatic N) is 2. The highest BCUT2D eigenvalue weighted by Gasteiger charge is 2.27. The van der Waals surface area contributed by atoms with Gasteiger partial charge < -0.3 is 15.7 Å². The van der Waals surface area contributed by atoms with Crippen molar-refractivity contribution in [2.45, 2.75) is 12.3 Å². The van der Waals surface area contributed by atoms with Crippen LogP contribution in [0.1, 0.15) is 17.9 Å². The second-order valence-corrected chi connectivity index (χ2v) is 7.83. The van der Waals surface area contributed by atoms with E-state index in [1.165, 1.54) is 4.31 Å². The molecule has 1 saturated heterocycles. The molecule has 1 aromatic carbocycles. The van der Waals surface area contributed by atoms with Crippen molar-refractivity contribution in [2.75, 3.05) is 45.6 Å². The van der Waals surface area contributed by atoms with E-state index >= 15 is 0 Å². The predicted molar refractivity (Wildman–Crippen MR) is 95.6 cm³/mol. The molecule has 7 nitrogen and oxygen atoms in total. The summed E-state index contributed by atoms with van der Waals surface area (Å²) >= 11 is 0. The minimum Gasteiger partial charge on any atom is -0.396 e. The molecule has 2 rings (SSSR count). The molecular formula is C16H26N4O3S. The molecule has 0 radical (unpaired) electrons. The monoisotopic (exact) mass is 354 g/mol. The van der Waals surface area contributed by atoms with Gasteiger partial charge in [0.1, 0.15) is 0 Å². The molecule has 1 heterocycles. The fraction of sp³-hybridized carbons (Fsp3) is 0.562. The second-order valence-electron chi connectivity index (χ2n) is 5.74. The van der Waals surface area contributed by atoms with Crippen LogP contribution >= 0.6 is 0 Å². The molecule has 0 amide bonds. The average molecular weight is 354 g/mol. The van der Waals surface area contributed by atoms with Crippen LogP contribution in [0, 0.1) is 0 Å². The lowest BCUT2D eigenvalue weighted by Crippen LogP contribution is -2.43. The summed E-state index contributed by atoms with van der Waals surface area (Å²) in [5.41, 5.74) is 1.06. The quantitative estimate of drug-likeness (QED) is 0.472. The van der Waals surface area contributed by atoms with Crippen molar-refractivity contribution in [2.24, 2.45) is 4.99 Å². The number of aliphatic imine (C=N–C) groups is 1. The molecular weight excluding hydrogens is 328 g/mol. The van der Waals surface area contributed by atoms with Crippen molar-refractivity contribution in [1.82, 2.24) is 14.9 Å². The Balaban J connectivity index is 1.78. The molecule has 3 N–H and O–H groups in total. The van der Waals surface area contributed by atoms with Gasteiger partial charge in [0.2, 0.25) is 10.0 Å². The van der Waals surface area contributed by atoms with Gasteiger partial charge in [0, 0.05) is 39.1 Å². The maximum absolute atomic E-state index is 11.7. The third-order valence-electron chi connectivity index (χ3n) is 4.09. The first-order valence-electron chi connectivity index (χ1n) is 8.15. The molecule has 0 aliphatic carbocycles. The molecule has 0 aromatic heterocycles. The van der Waals surface area contributed by atoms with Gasteiger partial charge in [0.25, 0.3) is 0 Å². The smallest absolute Gasteiger partial charge is 0.214 e. The summed E-state index contributed by atoms with van der Waals surface area (Å²) in [5, 5.41) is 15.9. The first-order chi connectivity index (χ1) is 11.6. The summed E-state index contributed by atoms with van der Waals surface area (Å²) in [6.07, 6.45) is 0.699. The van der Waals surface area contributed by atoms with E-state index in [1.807, 2.05) is 30.3 Å². The highest BCUT2D eigenvalue weighted by Crippen LogP contribution is 2.13. The zero-order chi connectivity index (χ0) is 17.4. The van der Waals surface area contributed by atoms with E-state index in [4.69, 9.17) is 0 Å². The lowest BCUT2D eigenvalue weighted by molar-refractivity contribution is 0.265. The van der Waals surface area contributed by atoms with Crippen LogP contribution in [0.25, 0.3) is 0 Å². The van der Waals surface area contributed by atoms with E-state index in [0.717, 1.165) is 5.56 Å². The van der Waals surface area contributed by atoms with Crippen LogP contribution in [-0.2, 0) is 10.0 Å². The molecule has 0 spiro atoms. The maximum Gasteiger partial charge on any atom is 0.214 e. The Labute approximate surface area is 143 Å². The number of aliphatic hydroxyl groups excluding tert-OH is 1. The molecule has 1 aromatic rings. The number of hydrogen-bond acceptors (Lipinski definition) is 4. The van der Waals surface area contributed by atoms with E-state index < -0.39 is 10.0 Å². The molecule has 0 bridgehead atoms. The van der Waals surface area contributed by atoms with Gasteiger partial charge in [-0.1, -0.05) is 30.3 Å². The normalized spacial score (nSPS) is 19.2. The van der Waals surface area contributed by atoms with Gasteiger partial charge in [-0.05, 0) is 12.0 Å². The SMILES string of the molecule is CN=C(NCCN1CCCS1(=O)=O)NCC(CO)c1ccccc1. The fourth-order valence-electron chi connectivity index (χ4n) is 2.69. The summed E-state index contributed by atoms with van der Waals surface area (Å²) in [7, 11) is -1.39. The van der Waals surface area contributed by atoms with Crippen molar-refractivity contribution in [3.8, 4) is 0 Å². The minimum atomic E-state index is -3.06. The minimum absolute atomic E-state index is 0.0243. The van der Waals surface area contributed by atoms with Crippen LogP contribution in [0.5, 0.6) is 0 Å². The van der Waals surface area contributed by atoms with Gasteiger partial charge in [-0.2, -0.15) is 0 Å². The lowest BCUT2D eigenvalue weighted by atomic mass is 10.0. The lowest BCUT2D eigenvalue weighted by Gasteiger charge is -2.19. The Morgan fingerprint density at radius 1 is 1.33 bits per heavy atom. The number of benzene rings is 1. The molecule has 8 heteroatoms. The van der Waals surface area contributed by atoms with Crippen LogP contribution < -0.4 is 10.6 Å². The van der Waals surface area contributed by atoms with Crippen LogP contribution in [-0.4, -0.2) is 69.4 Å². The van der Waals surface area contributed by atoms with E-state index in [-0.39, 0.29) is 18.3 Å². The summed E-state index contributed by atoms with van der Waals surface area (Å²) in [6, 6.07) is 9.80. The fourth-order valence-corrected chi connectivity index (χ4v) is 4.22. The van der Waals surface area contributed by atoms with E-state index in [2.05, 4.69) is 15.6 Å². The number of rotatable bonds is 7. The topological polar surface area (TPSA) is 94.0 Å². The molecule has 1 aliphatic rings. The molecule has 0 saturated carbocycles. The predicted octanol–water partition coefficient (Wildman–Crippen LogP) is -0.0370. The van der Waals surface area contributed by atoms with Crippen LogP contribution in [0.15, 0.2) is 35.3 Å². The first kappa shape index (κ1) is 18.7. The number of guanidine groups is 1. The molecule has 24 heavy (non-hydrogen) atoms. The molecule has 1 unspecified atom stereocenters. The molecule has 1 fully saturated rings. The van der Waals surface area contributed by atoms with Crippen molar-refractivity contribution >= 4 is 16.0 Å². The second kappa shape index (κ2) is 9.00. The van der Waals surface area contributed by atoms with Crippen molar-refractivity contribution in [3.63, 3.8) is 0 Å². The Hall–Kier alpha value is -1.64. The van der Waals surface area contributed by atoms with E-state index in [1.54, 1.807) is 7.05 Å². The van der Waals surface area contributed by atoms with Gasteiger partial charge in [-0.15, -0.1) is 0 Å². The Bertz CT molecular complexity index is 634. The Morgan fingerprint density at radius 3 is 2.67 bits per heavy atom. The van der Waals surface area contributed by atoms with Gasteiger partial charge in [0.15, 0.2) is 5.96 Å². The number of sulfonamides is 1. The Kier molecular flexibility index (Phi) is 7.01. The Morgan fingerprint density at radius 2 is 2.08 bits per heavy atom. The third-order valence-corrected chi connectivity index (χ3v) is 6.04. The average Bonchev–Trinajstić information content (AvgIpc) is 2.93. The third kappa shape index (κ3) is 5.19. The number of aliphatic hydroxyl groups is 1. The molecule has 1 atom stereocenters. The standard InChI is InChI=1S/C16H26N4O3S/c1-17-16(18-8-10-20-9-5-11-24(20,22)23)19-12-15(13-21)14-6-3-2-4-7-14/h2-4,6-7,15,21H,5,8-13H2,1H3,(H2,17,18,19). The summed E-state index contributed by atoms with van der Waals surface area (Å²) in [4.78, 5) is 4.13. The van der Waals surface area contributed by atoms with E-state index in [9.17, 15) is 13.5 Å². The van der Waals surface area contributed by atoms with Crippen LogP contribution in [0.4, 0.5) is 0 Å². The zero-order valence-electron chi connectivity index (χ0n) is 14.0. The first-order valence-corrected chi connectivity index (χ1v) is 9.76. The van der Waals surface area contributed by atoms with Gasteiger partial charge in [0.05, 0.1) is 12.4 Å². The van der Waals surface area contributed by atoms with Gasteiger partial charge >= 0.3 is 0 Å². The van der Waals surface area contributed by atoms with Gasteiger partial charge in [-0.3, -0.25) is 4.99 Å². The highest BCUT2D eigenvalue weighted by atomic mass is 32.2. The van der Waals surface area contributed by atoms with Crippen LogP contribution in [0.2, 0.25) is 0 Å². The van der Waals surface area contributed by atoms with Crippen molar-refractivity contribution < 1.29 is 13.5 Å². The maximum atomic E-state index is 11.7. The zero-order valence-corrected chi connectivity index (χ0v) is 14.8. The highest BCUT2D eigenvalue weighted by molar-refractivity contribution is 7.89. The number of nitrogens with one attached hydrogen (secondary N) is 2. The largest absolute Gasteiger partial charge is 0.396 e. The molecule has 134 valence electrons. The summed E-state index contributed by atoms with van der Waals surface area (Å²) in [6.45, 7) is 2.11.